The molecule has 0 aromatic carbocycles. The van der Waals surface area contributed by atoms with Crippen LogP contribution in [0.4, 0.5) is 0 Å². The Morgan fingerprint density at radius 2 is 1.50 bits per heavy atom. The zero-order valence-electron chi connectivity index (χ0n) is 3.24. The third kappa shape index (κ3) is 8.96. The van der Waals surface area contributed by atoms with Gasteiger partial charge >= 0.3 is 0 Å². The van der Waals surface area contributed by atoms with Gasteiger partial charge in [0.05, 0.1) is 0 Å². The van der Waals surface area contributed by atoms with Crippen LogP contribution in [0.25, 0.3) is 0 Å². The van der Waals surface area contributed by atoms with Crippen LogP contribution in [0.1, 0.15) is 0 Å². The van der Waals surface area contributed by atoms with E-state index in [0.717, 1.165) is 0 Å². The summed E-state index contributed by atoms with van der Waals surface area (Å²) in [5, 5.41) is 0. The van der Waals surface area contributed by atoms with E-state index in [2.05, 4.69) is 0 Å². The van der Waals surface area contributed by atoms with Crippen molar-refractivity contribution in [1.29, 1.82) is 0 Å². The fourth-order valence-corrected chi connectivity index (χ4v) is 0. The summed E-state index contributed by atoms with van der Waals surface area (Å²) in [4.78, 5) is 0. The first-order chi connectivity index (χ1) is 2.27. The van der Waals surface area contributed by atoms with E-state index in [4.69, 9.17) is 17.2 Å². The number of nitrogens with two attached hydrogens (primary N) is 3. The molecule has 40 valence electrons. The molecule has 0 aromatic rings. The Balaban J connectivity index is 0. The molecular formula is C2H8GdN3-. The molecule has 0 saturated carbocycles. The van der Waals surface area contributed by atoms with E-state index in [0.29, 0.717) is 0 Å². The van der Waals surface area contributed by atoms with E-state index in [1.54, 1.807) is 0 Å². The molecule has 0 unspecified atom stereocenters. The van der Waals surface area contributed by atoms with Crippen LogP contribution in [0, 0.1) is 46.5 Å². The molecule has 6 heavy (non-hydrogen) atoms. The van der Waals surface area contributed by atoms with Gasteiger partial charge in [-0.25, -0.2) is 6.54 Å². The Kier molecular flexibility index (Phi) is 10.6. The second-order valence-electron chi connectivity index (χ2n) is 0.770. The molecule has 0 atom stereocenters. The first kappa shape index (κ1) is 10.2. The molecule has 0 aromatic heterocycles. The van der Waals surface area contributed by atoms with E-state index >= 15 is 0 Å². The molecule has 0 amide bonds. The van der Waals surface area contributed by atoms with Crippen molar-refractivity contribution in [1.82, 2.24) is 0 Å². The van der Waals surface area contributed by atoms with Crippen LogP contribution in [0.2, 0.25) is 0 Å². The minimum atomic E-state index is -0.463. The molecule has 0 aliphatic heterocycles. The van der Waals surface area contributed by atoms with Gasteiger partial charge < -0.3 is 17.2 Å². The van der Waals surface area contributed by atoms with Crippen molar-refractivity contribution in [2.45, 2.75) is 6.17 Å². The van der Waals surface area contributed by atoms with Crippen LogP contribution in [-0.2, 0) is 0 Å². The first-order valence-electron chi connectivity index (χ1n) is 1.33. The van der Waals surface area contributed by atoms with Gasteiger partial charge in [0.25, 0.3) is 0 Å². The molecule has 0 fully saturated rings. The summed E-state index contributed by atoms with van der Waals surface area (Å²) in [5.74, 6) is 0. The van der Waals surface area contributed by atoms with Gasteiger partial charge in [-0.15, -0.1) is 0 Å². The number of rotatable bonds is 1. The topological polar surface area (TPSA) is 78.1 Å². The summed E-state index contributed by atoms with van der Waals surface area (Å²) in [6.07, 6.45) is -0.463. The molecule has 3 nitrogen and oxygen atoms in total. The Bertz CT molecular complexity index is 22.8. The Morgan fingerprint density at radius 1 is 1.33 bits per heavy atom. The quantitative estimate of drug-likeness (QED) is 0.374. The molecule has 0 aliphatic carbocycles. The van der Waals surface area contributed by atoms with Crippen molar-refractivity contribution in [2.24, 2.45) is 17.2 Å². The van der Waals surface area contributed by atoms with Gasteiger partial charge in [0, 0.05) is 39.9 Å². The zero-order valence-corrected chi connectivity index (χ0v) is 5.51. The smallest absolute Gasteiger partial charge is 0 e. The predicted molar refractivity (Wildman–Crippen MR) is 20.7 cm³/mol. The molecule has 0 spiro atoms. The average molecular weight is 231 g/mol. The van der Waals surface area contributed by atoms with Crippen LogP contribution >= 0.6 is 0 Å². The van der Waals surface area contributed by atoms with Crippen LogP contribution in [0.5, 0.6) is 0 Å². The minimum absolute atomic E-state index is 0. The monoisotopic (exact) mass is 232 g/mol. The van der Waals surface area contributed by atoms with E-state index in [9.17, 15) is 0 Å². The Labute approximate surface area is 69.3 Å². The van der Waals surface area contributed by atoms with Crippen molar-refractivity contribution in [3.8, 4) is 0 Å². The third-order valence-electron chi connectivity index (χ3n) is 0.222. The molecular weight excluding hydrogens is 223 g/mol. The third-order valence-corrected chi connectivity index (χ3v) is 0.222. The summed E-state index contributed by atoms with van der Waals surface area (Å²) < 4.78 is 0. The fraction of sp³-hybridized carbons (Fsp3) is 0.500. The summed E-state index contributed by atoms with van der Waals surface area (Å²) in [5.41, 5.74) is 14.6. The van der Waals surface area contributed by atoms with E-state index in [1.165, 1.54) is 6.54 Å². The van der Waals surface area contributed by atoms with Gasteiger partial charge in [0.2, 0.25) is 0 Å². The maximum absolute atomic E-state index is 4.89. The zero-order chi connectivity index (χ0) is 4.28. The van der Waals surface area contributed by atoms with Gasteiger partial charge in [-0.05, 0) is 0 Å². The normalized spacial score (nSPS) is 8.00. The largest absolute Gasteiger partial charge is 0.481 e. The van der Waals surface area contributed by atoms with Gasteiger partial charge in [0.1, 0.15) is 0 Å². The van der Waals surface area contributed by atoms with E-state index < -0.39 is 6.17 Å². The molecule has 0 bridgehead atoms. The van der Waals surface area contributed by atoms with Gasteiger partial charge in [0.15, 0.2) is 0 Å². The minimum Gasteiger partial charge on any atom is -0.481 e. The van der Waals surface area contributed by atoms with E-state index in [1.807, 2.05) is 0 Å². The summed E-state index contributed by atoms with van der Waals surface area (Å²) in [6.45, 7) is 1.22. The maximum Gasteiger partial charge on any atom is 0 e. The second kappa shape index (κ2) is 6.20. The Hall–Kier alpha value is 1.20. The van der Waals surface area contributed by atoms with Gasteiger partial charge in [-0.3, -0.25) is 0 Å². The van der Waals surface area contributed by atoms with Crippen molar-refractivity contribution in [2.75, 3.05) is 0 Å². The fourth-order valence-electron chi connectivity index (χ4n) is 0. The molecule has 0 aliphatic rings. The second-order valence-corrected chi connectivity index (χ2v) is 0.770. The number of hydrogen-bond donors (Lipinski definition) is 3. The van der Waals surface area contributed by atoms with Crippen molar-refractivity contribution in [3.05, 3.63) is 6.54 Å². The molecule has 4 heteroatoms. The van der Waals surface area contributed by atoms with Gasteiger partial charge in [-0.2, -0.15) is 0 Å². The number of hydrogen-bond acceptors (Lipinski definition) is 3. The molecule has 0 heterocycles. The maximum atomic E-state index is 4.89. The van der Waals surface area contributed by atoms with Crippen LogP contribution < -0.4 is 17.2 Å². The predicted octanol–water partition coefficient (Wildman–Crippen LogP) is -1.65. The van der Waals surface area contributed by atoms with Crippen LogP contribution in [-0.4, -0.2) is 6.17 Å². The summed E-state index contributed by atoms with van der Waals surface area (Å²) >= 11 is 0. The van der Waals surface area contributed by atoms with Crippen molar-refractivity contribution in [3.63, 3.8) is 0 Å². The Morgan fingerprint density at radius 3 is 1.50 bits per heavy atom. The molecule has 0 radical (unpaired) electrons. The standard InChI is InChI=1S/C2H8N3.Gd/c3-1-2(4)5;/h1-2H,3-5H2;/q-1;. The first-order valence-corrected chi connectivity index (χ1v) is 1.33. The summed E-state index contributed by atoms with van der Waals surface area (Å²) in [6, 6.07) is 0. The SMILES string of the molecule is N[CH-]C(N)N.[Gd]. The average Bonchev–Trinajstić information content (AvgIpc) is 1.38. The molecule has 6 N–H and O–H groups in total. The molecule has 0 saturated heterocycles. The van der Waals surface area contributed by atoms with E-state index in [-0.39, 0.29) is 39.9 Å². The van der Waals surface area contributed by atoms with Crippen molar-refractivity contribution < 1.29 is 39.9 Å². The molecule has 0 rings (SSSR count). The summed E-state index contributed by atoms with van der Waals surface area (Å²) in [7, 11) is 0. The van der Waals surface area contributed by atoms with Crippen LogP contribution in [0.15, 0.2) is 0 Å². The van der Waals surface area contributed by atoms with Crippen molar-refractivity contribution >= 4 is 0 Å². The van der Waals surface area contributed by atoms with Crippen LogP contribution in [0.3, 0.4) is 0 Å². The van der Waals surface area contributed by atoms with Gasteiger partial charge in [-0.1, -0.05) is 6.17 Å².